The molecule has 0 saturated carbocycles. The number of carbonyl (C=O) groups excluding carboxylic acids is 1. The van der Waals surface area contributed by atoms with E-state index in [0.717, 1.165) is 11.4 Å². The van der Waals surface area contributed by atoms with Crippen LogP contribution in [0.1, 0.15) is 49.6 Å². The van der Waals surface area contributed by atoms with Crippen molar-refractivity contribution in [1.82, 2.24) is 20.3 Å². The van der Waals surface area contributed by atoms with E-state index < -0.39 is 0 Å². The fraction of sp³-hybridized carbons (Fsp3) is 0.562. The van der Waals surface area contributed by atoms with Gasteiger partial charge in [-0.1, -0.05) is 5.16 Å². The standard InChI is InChI=1S/C16H22N4O3/c1-10(2)20-14(4-6-18-20)15-13(5-7-22-15)16(21)17-9-12-8-11(3)19-23-12/h4,6,8,10,13,15H,5,7,9H2,1-3H3,(H,17,21)/t13-,15-/m0/s1. The molecule has 124 valence electrons. The molecular formula is C16H22N4O3. The molecule has 2 aromatic rings. The molecule has 2 aromatic heterocycles. The highest BCUT2D eigenvalue weighted by atomic mass is 16.5. The van der Waals surface area contributed by atoms with Crippen molar-refractivity contribution < 1.29 is 14.1 Å². The van der Waals surface area contributed by atoms with E-state index in [1.807, 2.05) is 23.7 Å². The second kappa shape index (κ2) is 6.54. The Morgan fingerprint density at radius 1 is 1.52 bits per heavy atom. The van der Waals surface area contributed by atoms with Crippen molar-refractivity contribution in [1.29, 1.82) is 0 Å². The largest absolute Gasteiger partial charge is 0.371 e. The van der Waals surface area contributed by atoms with E-state index in [4.69, 9.17) is 9.26 Å². The monoisotopic (exact) mass is 318 g/mol. The summed E-state index contributed by atoms with van der Waals surface area (Å²) in [4.78, 5) is 12.5. The molecule has 0 radical (unpaired) electrons. The first-order valence-corrected chi connectivity index (χ1v) is 7.91. The van der Waals surface area contributed by atoms with Crippen LogP contribution in [0.15, 0.2) is 22.9 Å². The first-order valence-electron chi connectivity index (χ1n) is 7.91. The molecule has 0 unspecified atom stereocenters. The topological polar surface area (TPSA) is 82.2 Å². The SMILES string of the molecule is Cc1cc(CNC(=O)[C@H]2CCO[C@@H]2c2ccnn2C(C)C)on1. The van der Waals surface area contributed by atoms with Crippen LogP contribution in [0.2, 0.25) is 0 Å². The molecule has 0 aliphatic carbocycles. The van der Waals surface area contributed by atoms with Crippen molar-refractivity contribution in [2.75, 3.05) is 6.61 Å². The van der Waals surface area contributed by atoms with Gasteiger partial charge < -0.3 is 14.6 Å². The van der Waals surface area contributed by atoms with Crippen LogP contribution in [0, 0.1) is 12.8 Å². The van der Waals surface area contributed by atoms with Crippen LogP contribution in [0.5, 0.6) is 0 Å². The van der Waals surface area contributed by atoms with Crippen LogP contribution < -0.4 is 5.32 Å². The molecule has 1 aliphatic rings. The van der Waals surface area contributed by atoms with Crippen molar-refractivity contribution in [3.8, 4) is 0 Å². The minimum absolute atomic E-state index is 0.0296. The molecule has 7 nitrogen and oxygen atoms in total. The van der Waals surface area contributed by atoms with Crippen molar-refractivity contribution in [2.24, 2.45) is 5.92 Å². The molecular weight excluding hydrogens is 296 g/mol. The zero-order chi connectivity index (χ0) is 16.4. The van der Waals surface area contributed by atoms with Crippen LogP contribution in [0.25, 0.3) is 0 Å². The van der Waals surface area contributed by atoms with Gasteiger partial charge in [0.2, 0.25) is 5.91 Å². The second-order valence-electron chi connectivity index (χ2n) is 6.13. The molecule has 0 aromatic carbocycles. The summed E-state index contributed by atoms with van der Waals surface area (Å²) in [6.45, 7) is 6.89. The van der Waals surface area contributed by atoms with E-state index in [9.17, 15) is 4.79 Å². The molecule has 1 N–H and O–H groups in total. The molecule has 1 saturated heterocycles. The quantitative estimate of drug-likeness (QED) is 0.913. The van der Waals surface area contributed by atoms with E-state index in [-0.39, 0.29) is 24.0 Å². The smallest absolute Gasteiger partial charge is 0.226 e. The zero-order valence-corrected chi connectivity index (χ0v) is 13.7. The van der Waals surface area contributed by atoms with E-state index in [1.54, 1.807) is 6.20 Å². The third kappa shape index (κ3) is 3.29. The summed E-state index contributed by atoms with van der Waals surface area (Å²) in [7, 11) is 0. The first kappa shape index (κ1) is 15.7. The lowest BCUT2D eigenvalue weighted by Crippen LogP contribution is -2.32. The van der Waals surface area contributed by atoms with Gasteiger partial charge in [-0.3, -0.25) is 9.48 Å². The number of rotatable bonds is 5. The van der Waals surface area contributed by atoms with Crippen LogP contribution in [0.4, 0.5) is 0 Å². The van der Waals surface area contributed by atoms with Gasteiger partial charge in [-0.2, -0.15) is 5.10 Å². The fourth-order valence-corrected chi connectivity index (χ4v) is 2.94. The summed E-state index contributed by atoms with van der Waals surface area (Å²) >= 11 is 0. The highest BCUT2D eigenvalue weighted by Crippen LogP contribution is 2.35. The third-order valence-corrected chi connectivity index (χ3v) is 4.02. The maximum absolute atomic E-state index is 12.5. The van der Waals surface area contributed by atoms with Crippen molar-refractivity contribution in [3.63, 3.8) is 0 Å². The highest BCUT2D eigenvalue weighted by Gasteiger charge is 2.37. The number of amides is 1. The van der Waals surface area contributed by atoms with Gasteiger partial charge in [0.1, 0.15) is 6.10 Å². The Hall–Kier alpha value is -2.15. The molecule has 1 aliphatic heterocycles. The molecule has 1 fully saturated rings. The first-order chi connectivity index (χ1) is 11.1. The van der Waals surface area contributed by atoms with Crippen molar-refractivity contribution in [3.05, 3.63) is 35.5 Å². The summed E-state index contributed by atoms with van der Waals surface area (Å²) in [6.07, 6.45) is 2.20. The third-order valence-electron chi connectivity index (χ3n) is 4.02. The molecule has 3 heterocycles. The van der Waals surface area contributed by atoms with Gasteiger partial charge in [0, 0.05) is 24.9 Å². The number of hydrogen-bond acceptors (Lipinski definition) is 5. The Labute approximate surface area is 135 Å². The summed E-state index contributed by atoms with van der Waals surface area (Å²) < 4.78 is 12.9. The zero-order valence-electron chi connectivity index (χ0n) is 13.7. The molecule has 2 atom stereocenters. The van der Waals surface area contributed by atoms with E-state index in [2.05, 4.69) is 29.4 Å². The van der Waals surface area contributed by atoms with Crippen LogP contribution in [-0.4, -0.2) is 27.5 Å². The lowest BCUT2D eigenvalue weighted by molar-refractivity contribution is -0.127. The molecule has 7 heteroatoms. The Balaban J connectivity index is 1.68. The number of aryl methyl sites for hydroxylation is 1. The van der Waals surface area contributed by atoms with Crippen molar-refractivity contribution in [2.45, 2.75) is 45.9 Å². The number of nitrogens with one attached hydrogen (secondary N) is 1. The number of carbonyl (C=O) groups is 1. The van der Waals surface area contributed by atoms with Crippen molar-refractivity contribution >= 4 is 5.91 Å². The average molecular weight is 318 g/mol. The molecule has 3 rings (SSSR count). The summed E-state index contributed by atoms with van der Waals surface area (Å²) in [6, 6.07) is 3.97. The normalized spacial score (nSPS) is 21.0. The maximum atomic E-state index is 12.5. The minimum Gasteiger partial charge on any atom is -0.371 e. The second-order valence-corrected chi connectivity index (χ2v) is 6.13. The fourth-order valence-electron chi connectivity index (χ4n) is 2.94. The van der Waals surface area contributed by atoms with Gasteiger partial charge in [0.25, 0.3) is 0 Å². The number of nitrogens with zero attached hydrogens (tertiary/aromatic N) is 3. The minimum atomic E-state index is -0.253. The van der Waals surface area contributed by atoms with Gasteiger partial charge in [-0.05, 0) is 33.3 Å². The van der Waals surface area contributed by atoms with Gasteiger partial charge in [0.15, 0.2) is 5.76 Å². The van der Waals surface area contributed by atoms with Gasteiger partial charge in [-0.25, -0.2) is 0 Å². The average Bonchev–Trinajstić information content (AvgIpc) is 3.23. The predicted octanol–water partition coefficient (Wildman–Crippen LogP) is 2.15. The van der Waals surface area contributed by atoms with Crippen LogP contribution in [0.3, 0.4) is 0 Å². The van der Waals surface area contributed by atoms with Gasteiger partial charge >= 0.3 is 0 Å². The summed E-state index contributed by atoms with van der Waals surface area (Å²) in [5, 5.41) is 11.1. The number of aromatic nitrogens is 3. The Bertz CT molecular complexity index is 676. The predicted molar refractivity (Wildman–Crippen MR) is 82.5 cm³/mol. The number of ether oxygens (including phenoxy) is 1. The highest BCUT2D eigenvalue weighted by molar-refractivity contribution is 5.79. The lowest BCUT2D eigenvalue weighted by atomic mass is 9.97. The lowest BCUT2D eigenvalue weighted by Gasteiger charge is -2.20. The molecule has 0 bridgehead atoms. The Morgan fingerprint density at radius 3 is 3.04 bits per heavy atom. The van der Waals surface area contributed by atoms with Gasteiger partial charge in [0.05, 0.1) is 23.9 Å². The van der Waals surface area contributed by atoms with E-state index in [0.29, 0.717) is 25.3 Å². The number of hydrogen-bond donors (Lipinski definition) is 1. The van der Waals surface area contributed by atoms with E-state index >= 15 is 0 Å². The molecule has 1 amide bonds. The van der Waals surface area contributed by atoms with E-state index in [1.165, 1.54) is 0 Å². The summed E-state index contributed by atoms with van der Waals surface area (Å²) in [5.74, 6) is 0.407. The van der Waals surface area contributed by atoms with Gasteiger partial charge in [-0.15, -0.1) is 0 Å². The Kier molecular flexibility index (Phi) is 4.47. The molecule has 0 spiro atoms. The van der Waals surface area contributed by atoms with Crippen LogP contribution in [-0.2, 0) is 16.1 Å². The summed E-state index contributed by atoms with van der Waals surface area (Å²) in [5.41, 5.74) is 1.75. The maximum Gasteiger partial charge on any atom is 0.226 e. The Morgan fingerprint density at radius 2 is 2.35 bits per heavy atom. The van der Waals surface area contributed by atoms with Crippen LogP contribution >= 0.6 is 0 Å². The molecule has 23 heavy (non-hydrogen) atoms.